The zero-order valence-corrected chi connectivity index (χ0v) is 13.1. The number of hydrogen-bond donors (Lipinski definition) is 0. The Morgan fingerprint density at radius 1 is 1.43 bits per heavy atom. The molecule has 0 N–H and O–H groups in total. The lowest BCUT2D eigenvalue weighted by Crippen LogP contribution is -2.44. The van der Waals surface area contributed by atoms with E-state index in [2.05, 4.69) is 5.10 Å². The predicted octanol–water partition coefficient (Wildman–Crippen LogP) is 1.43. The molecule has 1 aliphatic carbocycles. The van der Waals surface area contributed by atoms with Gasteiger partial charge in [0.2, 0.25) is 0 Å². The fourth-order valence-electron chi connectivity index (χ4n) is 2.99. The standard InChI is InChI=1S/C15H24N4O2/c1-17(2)15(20)19-7-12-6-16-18(3)14(12)13(8-19)10-21-9-11-4-5-11/h6,11,13H,4-5,7-10H2,1-3H3/t13-/m0/s1. The molecule has 6 nitrogen and oxygen atoms in total. The SMILES string of the molecule is CN(C)C(=O)N1Cc2cnn(C)c2[C@H](COCC2CC2)C1. The lowest BCUT2D eigenvalue weighted by atomic mass is 9.97. The second kappa shape index (κ2) is 5.67. The van der Waals surface area contributed by atoms with Gasteiger partial charge in [-0.05, 0) is 18.8 Å². The Morgan fingerprint density at radius 2 is 2.19 bits per heavy atom. The summed E-state index contributed by atoms with van der Waals surface area (Å²) in [6.07, 6.45) is 4.47. The van der Waals surface area contributed by atoms with Crippen LogP contribution in [0, 0.1) is 5.92 Å². The van der Waals surface area contributed by atoms with E-state index in [-0.39, 0.29) is 11.9 Å². The molecule has 1 atom stereocenters. The zero-order valence-electron chi connectivity index (χ0n) is 13.1. The van der Waals surface area contributed by atoms with Gasteiger partial charge in [-0.3, -0.25) is 4.68 Å². The molecule has 2 amide bonds. The van der Waals surface area contributed by atoms with Gasteiger partial charge in [0.25, 0.3) is 0 Å². The number of ether oxygens (including phenoxy) is 1. The number of carbonyl (C=O) groups is 1. The Bertz CT molecular complexity index is 522. The minimum absolute atomic E-state index is 0.0525. The van der Waals surface area contributed by atoms with Crippen LogP contribution in [0.5, 0.6) is 0 Å². The van der Waals surface area contributed by atoms with Crippen LogP contribution in [0.4, 0.5) is 4.79 Å². The maximum atomic E-state index is 12.2. The van der Waals surface area contributed by atoms with Crippen LogP contribution in [0.2, 0.25) is 0 Å². The molecule has 0 saturated heterocycles. The van der Waals surface area contributed by atoms with Crippen LogP contribution in [0.25, 0.3) is 0 Å². The summed E-state index contributed by atoms with van der Waals surface area (Å²) in [4.78, 5) is 15.7. The van der Waals surface area contributed by atoms with Gasteiger partial charge in [-0.1, -0.05) is 0 Å². The highest BCUT2D eigenvalue weighted by Crippen LogP contribution is 2.31. The molecule has 1 fully saturated rings. The highest BCUT2D eigenvalue weighted by molar-refractivity contribution is 5.74. The van der Waals surface area contributed by atoms with Gasteiger partial charge >= 0.3 is 6.03 Å². The highest BCUT2D eigenvalue weighted by atomic mass is 16.5. The van der Waals surface area contributed by atoms with Crippen molar-refractivity contribution < 1.29 is 9.53 Å². The maximum Gasteiger partial charge on any atom is 0.319 e. The molecule has 1 aliphatic heterocycles. The van der Waals surface area contributed by atoms with Crippen LogP contribution in [-0.4, -0.2) is 59.5 Å². The van der Waals surface area contributed by atoms with Gasteiger partial charge in [0.1, 0.15) is 0 Å². The zero-order chi connectivity index (χ0) is 15.0. The number of nitrogens with zero attached hydrogens (tertiary/aromatic N) is 4. The van der Waals surface area contributed by atoms with Crippen molar-refractivity contribution in [3.05, 3.63) is 17.5 Å². The van der Waals surface area contributed by atoms with Crippen LogP contribution in [0.3, 0.4) is 0 Å². The van der Waals surface area contributed by atoms with E-state index in [4.69, 9.17) is 4.74 Å². The van der Waals surface area contributed by atoms with E-state index in [1.54, 1.807) is 19.0 Å². The molecule has 6 heteroatoms. The summed E-state index contributed by atoms with van der Waals surface area (Å²) in [5, 5.41) is 4.35. The topological polar surface area (TPSA) is 50.6 Å². The summed E-state index contributed by atoms with van der Waals surface area (Å²) in [6.45, 7) is 2.86. The summed E-state index contributed by atoms with van der Waals surface area (Å²) >= 11 is 0. The molecule has 1 saturated carbocycles. The van der Waals surface area contributed by atoms with Gasteiger partial charge in [-0.2, -0.15) is 5.10 Å². The fraction of sp³-hybridized carbons (Fsp3) is 0.733. The summed E-state index contributed by atoms with van der Waals surface area (Å²) < 4.78 is 7.80. The molecule has 21 heavy (non-hydrogen) atoms. The third-order valence-electron chi connectivity index (χ3n) is 4.28. The van der Waals surface area contributed by atoms with Gasteiger partial charge < -0.3 is 14.5 Å². The van der Waals surface area contributed by atoms with Gasteiger partial charge in [-0.15, -0.1) is 0 Å². The smallest absolute Gasteiger partial charge is 0.319 e. The lowest BCUT2D eigenvalue weighted by molar-refractivity contribution is 0.0898. The van der Waals surface area contributed by atoms with E-state index in [0.717, 1.165) is 18.1 Å². The first kappa shape index (κ1) is 14.4. The van der Waals surface area contributed by atoms with Crippen molar-refractivity contribution in [2.45, 2.75) is 25.3 Å². The average molecular weight is 292 g/mol. The third kappa shape index (κ3) is 3.05. The molecule has 0 aromatic carbocycles. The summed E-state index contributed by atoms with van der Waals surface area (Å²) in [7, 11) is 5.55. The minimum atomic E-state index is 0.0525. The highest BCUT2D eigenvalue weighted by Gasteiger charge is 2.32. The first-order valence-corrected chi connectivity index (χ1v) is 7.61. The van der Waals surface area contributed by atoms with E-state index < -0.39 is 0 Å². The molecule has 0 radical (unpaired) electrons. The summed E-state index contributed by atoms with van der Waals surface area (Å²) in [5.74, 6) is 0.975. The molecule has 2 heterocycles. The van der Waals surface area contributed by atoms with Crippen molar-refractivity contribution in [1.29, 1.82) is 0 Å². The quantitative estimate of drug-likeness (QED) is 0.843. The number of urea groups is 1. The Morgan fingerprint density at radius 3 is 2.86 bits per heavy atom. The number of hydrogen-bond acceptors (Lipinski definition) is 3. The van der Waals surface area contributed by atoms with Crippen molar-refractivity contribution in [2.24, 2.45) is 13.0 Å². The van der Waals surface area contributed by atoms with E-state index in [0.29, 0.717) is 19.7 Å². The largest absolute Gasteiger partial charge is 0.380 e. The van der Waals surface area contributed by atoms with Crippen LogP contribution < -0.4 is 0 Å². The Labute approximate surface area is 125 Å². The minimum Gasteiger partial charge on any atom is -0.380 e. The molecule has 0 unspecified atom stereocenters. The van der Waals surface area contributed by atoms with Crippen LogP contribution in [-0.2, 0) is 18.3 Å². The Hall–Kier alpha value is -1.56. The molecule has 0 spiro atoms. The first-order chi connectivity index (χ1) is 10.1. The van der Waals surface area contributed by atoms with Crippen molar-refractivity contribution in [2.75, 3.05) is 33.9 Å². The maximum absolute atomic E-state index is 12.2. The van der Waals surface area contributed by atoms with E-state index >= 15 is 0 Å². The molecular formula is C15H24N4O2. The monoisotopic (exact) mass is 292 g/mol. The Balaban J connectivity index is 1.72. The van der Waals surface area contributed by atoms with E-state index in [9.17, 15) is 4.79 Å². The van der Waals surface area contributed by atoms with Crippen molar-refractivity contribution in [1.82, 2.24) is 19.6 Å². The van der Waals surface area contributed by atoms with Gasteiger partial charge in [0.05, 0.1) is 25.0 Å². The van der Waals surface area contributed by atoms with Crippen molar-refractivity contribution in [3.63, 3.8) is 0 Å². The van der Waals surface area contributed by atoms with Crippen molar-refractivity contribution >= 4 is 6.03 Å². The molecule has 1 aromatic rings. The summed E-state index contributed by atoms with van der Waals surface area (Å²) in [5.41, 5.74) is 2.35. The van der Waals surface area contributed by atoms with Crippen LogP contribution in [0.15, 0.2) is 6.20 Å². The summed E-state index contributed by atoms with van der Waals surface area (Å²) in [6, 6.07) is 0.0525. The average Bonchev–Trinajstić information content (AvgIpc) is 3.20. The van der Waals surface area contributed by atoms with E-state index in [1.165, 1.54) is 18.5 Å². The second-order valence-corrected chi connectivity index (χ2v) is 6.41. The lowest BCUT2D eigenvalue weighted by Gasteiger charge is -2.34. The normalized spacial score (nSPS) is 21.3. The van der Waals surface area contributed by atoms with Crippen LogP contribution >= 0.6 is 0 Å². The molecular weight excluding hydrogens is 268 g/mol. The Kier molecular flexibility index (Phi) is 3.89. The number of aryl methyl sites for hydroxylation is 1. The van der Waals surface area contributed by atoms with Gasteiger partial charge in [0, 0.05) is 45.8 Å². The third-order valence-corrected chi connectivity index (χ3v) is 4.28. The van der Waals surface area contributed by atoms with Gasteiger partial charge in [0.15, 0.2) is 0 Å². The predicted molar refractivity (Wildman–Crippen MR) is 79.0 cm³/mol. The molecule has 0 bridgehead atoms. The second-order valence-electron chi connectivity index (χ2n) is 6.41. The number of fused-ring (bicyclic) bond motifs is 1. The van der Waals surface area contributed by atoms with Crippen molar-refractivity contribution in [3.8, 4) is 0 Å². The number of carbonyl (C=O) groups excluding carboxylic acids is 1. The number of amides is 2. The number of aromatic nitrogens is 2. The molecule has 2 aliphatic rings. The number of rotatable bonds is 4. The molecule has 1 aromatic heterocycles. The fourth-order valence-corrected chi connectivity index (χ4v) is 2.99. The van der Waals surface area contributed by atoms with Crippen LogP contribution in [0.1, 0.15) is 30.0 Å². The molecule has 3 rings (SSSR count). The van der Waals surface area contributed by atoms with E-state index in [1.807, 2.05) is 22.8 Å². The molecule has 116 valence electrons. The first-order valence-electron chi connectivity index (χ1n) is 7.61. The van der Waals surface area contributed by atoms with Gasteiger partial charge in [-0.25, -0.2) is 4.79 Å².